The van der Waals surface area contributed by atoms with Gasteiger partial charge in [-0.05, 0) is 36.8 Å². The molecule has 6 nitrogen and oxygen atoms in total. The Balaban J connectivity index is 1.40. The van der Waals surface area contributed by atoms with E-state index in [2.05, 4.69) is 9.55 Å². The maximum atomic E-state index is 12.5. The lowest BCUT2D eigenvalue weighted by Crippen LogP contribution is -2.33. The number of pyridine rings is 1. The molecule has 1 aliphatic heterocycles. The Morgan fingerprint density at radius 3 is 2.88 bits per heavy atom. The van der Waals surface area contributed by atoms with Crippen LogP contribution in [0.5, 0.6) is 5.75 Å². The molecule has 1 amide bonds. The lowest BCUT2D eigenvalue weighted by atomic mass is 10.1. The molecule has 3 heterocycles. The first-order valence-electron chi connectivity index (χ1n) is 8.54. The second kappa shape index (κ2) is 6.96. The van der Waals surface area contributed by atoms with Gasteiger partial charge in [0.05, 0.1) is 17.2 Å². The van der Waals surface area contributed by atoms with Crippen LogP contribution in [-0.2, 0) is 11.8 Å². The van der Waals surface area contributed by atoms with Crippen molar-refractivity contribution in [2.45, 2.75) is 12.3 Å². The maximum Gasteiger partial charge on any atom is 0.260 e. The Hall–Kier alpha value is -2.60. The third-order valence-corrected chi connectivity index (χ3v) is 5.05. The summed E-state index contributed by atoms with van der Waals surface area (Å²) >= 11 is 5.85. The minimum Gasteiger partial charge on any atom is -0.484 e. The van der Waals surface area contributed by atoms with Crippen LogP contribution in [0.3, 0.4) is 0 Å². The second-order valence-electron chi connectivity index (χ2n) is 6.46. The average molecular weight is 371 g/mol. The monoisotopic (exact) mass is 370 g/mol. The fraction of sp³-hybridized carbons (Fsp3) is 0.316. The Kier molecular flexibility index (Phi) is 4.51. The molecule has 0 saturated carbocycles. The number of likely N-dealkylation sites (tertiary alicyclic amines) is 1. The molecule has 0 bridgehead atoms. The normalized spacial score (nSPS) is 17.0. The minimum atomic E-state index is -0.0112. The number of carbonyl (C=O) groups excluding carboxylic acids is 1. The van der Waals surface area contributed by atoms with E-state index in [1.54, 1.807) is 30.5 Å². The largest absolute Gasteiger partial charge is 0.484 e. The number of amides is 1. The number of rotatable bonds is 4. The van der Waals surface area contributed by atoms with Gasteiger partial charge in [0.25, 0.3) is 5.91 Å². The van der Waals surface area contributed by atoms with Crippen molar-refractivity contribution in [3.8, 4) is 5.75 Å². The molecule has 1 saturated heterocycles. The number of aryl methyl sites for hydroxylation is 1. The molecule has 0 radical (unpaired) electrons. The van der Waals surface area contributed by atoms with Crippen molar-refractivity contribution in [2.75, 3.05) is 19.7 Å². The summed E-state index contributed by atoms with van der Waals surface area (Å²) in [7, 11) is 2.00. The van der Waals surface area contributed by atoms with Crippen molar-refractivity contribution < 1.29 is 9.53 Å². The quantitative estimate of drug-likeness (QED) is 0.708. The summed E-state index contributed by atoms with van der Waals surface area (Å²) in [5, 5.41) is 0.642. The van der Waals surface area contributed by atoms with Crippen LogP contribution in [0.4, 0.5) is 0 Å². The zero-order valence-electron chi connectivity index (χ0n) is 14.4. The molecule has 4 rings (SSSR count). The number of halogens is 1. The fourth-order valence-electron chi connectivity index (χ4n) is 3.38. The van der Waals surface area contributed by atoms with E-state index in [9.17, 15) is 4.79 Å². The lowest BCUT2D eigenvalue weighted by molar-refractivity contribution is -0.132. The van der Waals surface area contributed by atoms with Crippen molar-refractivity contribution in [3.63, 3.8) is 0 Å². The summed E-state index contributed by atoms with van der Waals surface area (Å²) in [6.07, 6.45) is 4.47. The number of imidazole rings is 1. The number of hydrogen-bond donors (Lipinski definition) is 0. The van der Waals surface area contributed by atoms with E-state index < -0.39 is 0 Å². The van der Waals surface area contributed by atoms with Crippen LogP contribution in [0.2, 0.25) is 5.02 Å². The molecule has 0 spiro atoms. The van der Waals surface area contributed by atoms with Crippen LogP contribution >= 0.6 is 11.6 Å². The smallest absolute Gasteiger partial charge is 0.260 e. The van der Waals surface area contributed by atoms with Crippen LogP contribution in [0.15, 0.2) is 42.7 Å². The predicted molar refractivity (Wildman–Crippen MR) is 99.4 cm³/mol. The molecule has 1 fully saturated rings. The summed E-state index contributed by atoms with van der Waals surface area (Å²) in [5.74, 6) is 1.86. The van der Waals surface area contributed by atoms with Crippen molar-refractivity contribution in [1.82, 2.24) is 19.4 Å². The highest BCUT2D eigenvalue weighted by Crippen LogP contribution is 2.28. The number of ether oxygens (including phenoxy) is 1. The highest BCUT2D eigenvalue weighted by Gasteiger charge is 2.30. The van der Waals surface area contributed by atoms with Crippen LogP contribution in [0.1, 0.15) is 18.2 Å². The van der Waals surface area contributed by atoms with Gasteiger partial charge in [0.2, 0.25) is 0 Å². The van der Waals surface area contributed by atoms with Gasteiger partial charge < -0.3 is 14.2 Å². The van der Waals surface area contributed by atoms with Gasteiger partial charge in [0.1, 0.15) is 11.6 Å². The number of fused-ring (bicyclic) bond motifs is 1. The number of benzene rings is 1. The molecule has 1 aliphatic rings. The number of carbonyl (C=O) groups is 1. The third-order valence-electron chi connectivity index (χ3n) is 4.80. The van der Waals surface area contributed by atoms with E-state index in [0.29, 0.717) is 17.3 Å². The standard InChI is InChI=1S/C19H19ClN4O2/c1-23-17-10-21-8-6-16(17)22-19(23)13-7-9-24(11-13)18(25)12-26-15-4-2-14(20)3-5-15/h2-6,8,10,13H,7,9,11-12H2,1H3. The molecule has 0 aliphatic carbocycles. The van der Waals surface area contributed by atoms with Crippen molar-refractivity contribution >= 4 is 28.5 Å². The van der Waals surface area contributed by atoms with Crippen molar-refractivity contribution in [3.05, 3.63) is 53.6 Å². The highest BCUT2D eigenvalue weighted by atomic mass is 35.5. The summed E-state index contributed by atoms with van der Waals surface area (Å²) in [4.78, 5) is 23.2. The zero-order valence-corrected chi connectivity index (χ0v) is 15.2. The molecule has 1 aromatic carbocycles. The van der Waals surface area contributed by atoms with E-state index >= 15 is 0 Å². The first-order valence-corrected chi connectivity index (χ1v) is 8.92. The molecule has 1 atom stereocenters. The summed E-state index contributed by atoms with van der Waals surface area (Å²) in [6, 6.07) is 8.92. The molecular formula is C19H19ClN4O2. The highest BCUT2D eigenvalue weighted by molar-refractivity contribution is 6.30. The summed E-state index contributed by atoms with van der Waals surface area (Å²) in [5.41, 5.74) is 1.95. The first-order chi connectivity index (χ1) is 12.6. The molecule has 26 heavy (non-hydrogen) atoms. The Bertz CT molecular complexity index is 938. The summed E-state index contributed by atoms with van der Waals surface area (Å²) < 4.78 is 7.64. The van der Waals surface area contributed by atoms with Gasteiger partial charge in [-0.1, -0.05) is 11.6 Å². The molecule has 134 valence electrons. The SMILES string of the molecule is Cn1c(C2CCN(C(=O)COc3ccc(Cl)cc3)C2)nc2ccncc21. The van der Waals surface area contributed by atoms with Crippen LogP contribution in [-0.4, -0.2) is 45.0 Å². The van der Waals surface area contributed by atoms with E-state index in [-0.39, 0.29) is 18.4 Å². The van der Waals surface area contributed by atoms with Crippen LogP contribution < -0.4 is 4.74 Å². The van der Waals surface area contributed by atoms with Crippen molar-refractivity contribution in [1.29, 1.82) is 0 Å². The summed E-state index contributed by atoms with van der Waals surface area (Å²) in [6.45, 7) is 1.41. The van der Waals surface area contributed by atoms with Gasteiger partial charge >= 0.3 is 0 Å². The first kappa shape index (κ1) is 16.8. The lowest BCUT2D eigenvalue weighted by Gasteiger charge is -2.17. The Labute approximate surface area is 156 Å². The number of aromatic nitrogens is 3. The van der Waals surface area contributed by atoms with Crippen LogP contribution in [0.25, 0.3) is 11.0 Å². The van der Waals surface area contributed by atoms with Gasteiger partial charge in [0, 0.05) is 37.3 Å². The van der Waals surface area contributed by atoms with Crippen molar-refractivity contribution in [2.24, 2.45) is 7.05 Å². The van der Waals surface area contributed by atoms with Gasteiger partial charge in [-0.15, -0.1) is 0 Å². The van der Waals surface area contributed by atoms with Gasteiger partial charge in [-0.25, -0.2) is 4.98 Å². The van der Waals surface area contributed by atoms with Gasteiger partial charge in [-0.2, -0.15) is 0 Å². The van der Waals surface area contributed by atoms with E-state index in [0.717, 1.165) is 29.8 Å². The molecule has 7 heteroatoms. The molecule has 0 N–H and O–H groups in total. The molecule has 2 aromatic heterocycles. The Morgan fingerprint density at radius 2 is 2.12 bits per heavy atom. The van der Waals surface area contributed by atoms with E-state index in [4.69, 9.17) is 21.3 Å². The second-order valence-corrected chi connectivity index (χ2v) is 6.90. The van der Waals surface area contributed by atoms with E-state index in [1.807, 2.05) is 24.2 Å². The topological polar surface area (TPSA) is 60.2 Å². The fourth-order valence-corrected chi connectivity index (χ4v) is 3.51. The number of nitrogens with zero attached hydrogens (tertiary/aromatic N) is 4. The molecule has 3 aromatic rings. The zero-order chi connectivity index (χ0) is 18.1. The predicted octanol–water partition coefficient (Wildman–Crippen LogP) is 3.02. The molecular weight excluding hydrogens is 352 g/mol. The Morgan fingerprint density at radius 1 is 1.31 bits per heavy atom. The molecule has 1 unspecified atom stereocenters. The maximum absolute atomic E-state index is 12.5. The third kappa shape index (κ3) is 3.24. The average Bonchev–Trinajstić information content (AvgIpc) is 3.26. The van der Waals surface area contributed by atoms with E-state index in [1.165, 1.54) is 0 Å². The minimum absolute atomic E-state index is 0.0112. The van der Waals surface area contributed by atoms with Gasteiger partial charge in [-0.3, -0.25) is 9.78 Å². The number of hydrogen-bond acceptors (Lipinski definition) is 4. The van der Waals surface area contributed by atoms with Gasteiger partial charge in [0.15, 0.2) is 6.61 Å². The van der Waals surface area contributed by atoms with Crippen LogP contribution in [0, 0.1) is 0 Å².